The minimum atomic E-state index is -2.23. The van der Waals surface area contributed by atoms with Crippen LogP contribution in [0.1, 0.15) is 9.68 Å². The van der Waals surface area contributed by atoms with Crippen LogP contribution in [0.25, 0.3) is 44.3 Å². The van der Waals surface area contributed by atoms with E-state index in [4.69, 9.17) is 8.53 Å². The summed E-state index contributed by atoms with van der Waals surface area (Å²) in [6, 6.07) is 25.3. The lowest BCUT2D eigenvalue weighted by Gasteiger charge is -2.09. The quantitative estimate of drug-likeness (QED) is 0.361. The summed E-state index contributed by atoms with van der Waals surface area (Å²) in [6.45, 7) is -2.23. The van der Waals surface area contributed by atoms with Crippen molar-refractivity contribution in [3.8, 4) is 22.4 Å². The van der Waals surface area contributed by atoms with Crippen LogP contribution in [0.4, 0.5) is 0 Å². The first-order chi connectivity index (χ1) is 14.0. The number of benzene rings is 3. The second kappa shape index (κ2) is 5.85. The zero-order chi connectivity index (χ0) is 20.0. The van der Waals surface area contributed by atoms with Crippen molar-refractivity contribution in [3.05, 3.63) is 90.6 Å². The molecule has 26 heavy (non-hydrogen) atoms. The summed E-state index contributed by atoms with van der Waals surface area (Å²) in [4.78, 5) is 4.48. The van der Waals surface area contributed by atoms with Gasteiger partial charge in [0.2, 0.25) is 0 Å². The van der Waals surface area contributed by atoms with Crippen LogP contribution < -0.4 is 0 Å². The van der Waals surface area contributed by atoms with Crippen LogP contribution in [-0.4, -0.2) is 4.98 Å². The van der Waals surface area contributed by atoms with E-state index in [9.17, 15) is 0 Å². The largest absolute Gasteiger partial charge is 0.456 e. The molecule has 0 spiro atoms. The van der Waals surface area contributed by atoms with E-state index < -0.39 is 6.85 Å². The number of aryl methyl sites for hydroxylation is 1. The predicted molar refractivity (Wildman–Crippen MR) is 107 cm³/mol. The molecule has 5 rings (SSSR count). The molecule has 124 valence electrons. The van der Waals surface area contributed by atoms with Gasteiger partial charge in [0.1, 0.15) is 11.2 Å². The molecule has 2 aromatic heterocycles. The molecule has 0 fully saturated rings. The van der Waals surface area contributed by atoms with Crippen molar-refractivity contribution < 1.29 is 8.53 Å². The van der Waals surface area contributed by atoms with E-state index in [1.54, 1.807) is 0 Å². The highest BCUT2D eigenvalue weighted by Gasteiger charge is 2.10. The van der Waals surface area contributed by atoms with E-state index in [0.29, 0.717) is 5.56 Å². The van der Waals surface area contributed by atoms with Crippen LogP contribution >= 0.6 is 0 Å². The molecule has 2 heteroatoms. The van der Waals surface area contributed by atoms with Crippen molar-refractivity contribution in [2.45, 2.75) is 6.85 Å². The summed E-state index contributed by atoms with van der Waals surface area (Å²) in [5.74, 6) is 0. The first-order valence-electron chi connectivity index (χ1n) is 9.98. The van der Waals surface area contributed by atoms with Gasteiger partial charge in [-0.3, -0.25) is 4.98 Å². The van der Waals surface area contributed by atoms with Crippen LogP contribution in [0.5, 0.6) is 0 Å². The fourth-order valence-electron chi connectivity index (χ4n) is 3.36. The van der Waals surface area contributed by atoms with Gasteiger partial charge in [0.05, 0.1) is 5.69 Å². The van der Waals surface area contributed by atoms with Crippen molar-refractivity contribution in [2.24, 2.45) is 0 Å². The van der Waals surface area contributed by atoms with E-state index in [1.807, 2.05) is 78.9 Å². The van der Waals surface area contributed by atoms with Gasteiger partial charge in [-0.15, -0.1) is 0 Å². The van der Waals surface area contributed by atoms with Crippen molar-refractivity contribution >= 4 is 21.9 Å². The summed E-state index contributed by atoms with van der Waals surface area (Å²) in [5, 5.41) is 2.06. The zero-order valence-electron chi connectivity index (χ0n) is 16.9. The van der Waals surface area contributed by atoms with Crippen LogP contribution in [-0.2, 0) is 0 Å². The van der Waals surface area contributed by atoms with Gasteiger partial charge in [0, 0.05) is 26.6 Å². The highest BCUT2D eigenvalue weighted by atomic mass is 16.3. The van der Waals surface area contributed by atoms with Gasteiger partial charge in [-0.1, -0.05) is 48.5 Å². The maximum absolute atomic E-state index is 7.90. The summed E-state index contributed by atoms with van der Waals surface area (Å²) < 4.78 is 29.6. The molecule has 0 saturated heterocycles. The number of hydrogen-bond acceptors (Lipinski definition) is 2. The Labute approximate surface area is 156 Å². The second-order valence-corrected chi connectivity index (χ2v) is 6.29. The first-order valence-corrected chi connectivity index (χ1v) is 8.48. The minimum Gasteiger partial charge on any atom is -0.456 e. The Hall–Kier alpha value is -3.39. The molecular weight excluding hydrogens is 318 g/mol. The van der Waals surface area contributed by atoms with E-state index in [1.165, 1.54) is 6.20 Å². The van der Waals surface area contributed by atoms with E-state index >= 15 is 0 Å². The molecule has 5 aromatic rings. The van der Waals surface area contributed by atoms with Gasteiger partial charge in [-0.05, 0) is 53.9 Å². The van der Waals surface area contributed by atoms with Gasteiger partial charge >= 0.3 is 0 Å². The third-order valence-electron chi connectivity index (χ3n) is 4.66. The summed E-state index contributed by atoms with van der Waals surface area (Å²) in [7, 11) is 0. The maximum Gasteiger partial charge on any atom is 0.135 e. The van der Waals surface area contributed by atoms with E-state index in [-0.39, 0.29) is 5.56 Å². The molecule has 0 aliphatic heterocycles. The van der Waals surface area contributed by atoms with Crippen molar-refractivity contribution in [1.82, 2.24) is 4.98 Å². The Morgan fingerprint density at radius 2 is 1.58 bits per heavy atom. The minimum absolute atomic E-state index is 0.252. The third kappa shape index (κ3) is 2.39. The Morgan fingerprint density at radius 1 is 0.769 bits per heavy atom. The maximum atomic E-state index is 7.90. The molecule has 2 nitrogen and oxygen atoms in total. The van der Waals surface area contributed by atoms with Crippen LogP contribution in [0.3, 0.4) is 0 Å². The second-order valence-electron chi connectivity index (χ2n) is 6.29. The van der Waals surface area contributed by atoms with Crippen LogP contribution in [0.15, 0.2) is 89.5 Å². The highest BCUT2D eigenvalue weighted by molar-refractivity contribution is 6.06. The monoisotopic (exact) mass is 338 g/mol. The smallest absolute Gasteiger partial charge is 0.135 e. The predicted octanol–water partition coefficient (Wildman–Crippen LogP) is 6.62. The number of fused-ring (bicyclic) bond motifs is 3. The van der Waals surface area contributed by atoms with Gasteiger partial charge in [0.15, 0.2) is 0 Å². The molecule has 0 radical (unpaired) electrons. The number of nitrogens with zero attached hydrogens (tertiary/aromatic N) is 1. The average Bonchev–Trinajstić information content (AvgIpc) is 3.11. The fourth-order valence-corrected chi connectivity index (χ4v) is 3.36. The molecule has 0 unspecified atom stereocenters. The molecule has 0 atom stereocenters. The lowest BCUT2D eigenvalue weighted by Crippen LogP contribution is -1.89. The van der Waals surface area contributed by atoms with Gasteiger partial charge in [-0.2, -0.15) is 0 Å². The Bertz CT molecular complexity index is 1340. The Balaban J connectivity index is 1.71. The van der Waals surface area contributed by atoms with Crippen molar-refractivity contribution in [1.29, 1.82) is 0 Å². The van der Waals surface area contributed by atoms with Gasteiger partial charge in [0.25, 0.3) is 0 Å². The number of para-hydroxylation sites is 1. The van der Waals surface area contributed by atoms with Crippen molar-refractivity contribution in [2.75, 3.05) is 0 Å². The number of furan rings is 1. The molecule has 2 heterocycles. The van der Waals surface area contributed by atoms with E-state index in [0.717, 1.165) is 38.8 Å². The number of rotatable bonds is 2. The van der Waals surface area contributed by atoms with Crippen LogP contribution in [0, 0.1) is 6.85 Å². The molecule has 0 amide bonds. The number of hydrogen-bond donors (Lipinski definition) is 0. The third-order valence-corrected chi connectivity index (χ3v) is 4.66. The molecule has 0 bridgehead atoms. The van der Waals surface area contributed by atoms with E-state index in [2.05, 4.69) is 4.98 Å². The summed E-state index contributed by atoms with van der Waals surface area (Å²) in [6.07, 6.45) is 1.47. The lowest BCUT2D eigenvalue weighted by atomic mass is 9.99. The van der Waals surface area contributed by atoms with Gasteiger partial charge in [-0.25, -0.2) is 0 Å². The van der Waals surface area contributed by atoms with Crippen molar-refractivity contribution in [3.63, 3.8) is 0 Å². The van der Waals surface area contributed by atoms with Crippen LogP contribution in [0.2, 0.25) is 0 Å². The number of pyridine rings is 1. The SMILES string of the molecule is [2H]C([2H])([2H])c1cnc(-c2ccc3oc4ccccc4c3c2)cc1-c1ccccc1. The van der Waals surface area contributed by atoms with Gasteiger partial charge < -0.3 is 4.42 Å². The molecular formula is C24H17NO. The molecule has 0 N–H and O–H groups in total. The Kier molecular flexibility index (Phi) is 2.71. The fraction of sp³-hybridized carbons (Fsp3) is 0.0417. The Morgan fingerprint density at radius 3 is 2.46 bits per heavy atom. The average molecular weight is 338 g/mol. The summed E-state index contributed by atoms with van der Waals surface area (Å²) in [5.41, 5.74) is 5.09. The molecule has 0 aliphatic carbocycles. The normalized spacial score (nSPS) is 13.5. The molecule has 0 saturated carbocycles. The highest BCUT2D eigenvalue weighted by Crippen LogP contribution is 2.33. The molecule has 0 aliphatic rings. The summed E-state index contributed by atoms with van der Waals surface area (Å²) >= 11 is 0. The zero-order valence-corrected chi connectivity index (χ0v) is 13.9. The first kappa shape index (κ1) is 12.0. The molecule has 3 aromatic carbocycles. The lowest BCUT2D eigenvalue weighted by molar-refractivity contribution is 0.669. The topological polar surface area (TPSA) is 26.0 Å². The number of aromatic nitrogens is 1. The standard InChI is InChI=1S/C24H17NO/c1-16-15-25-22(14-20(16)17-7-3-2-4-8-17)18-11-12-24-21(13-18)19-9-5-6-10-23(19)26-24/h2-15H,1H3/i1D3.